The molecule has 4 nitrogen and oxygen atoms in total. The van der Waals surface area contributed by atoms with Gasteiger partial charge in [0.1, 0.15) is 0 Å². The van der Waals surface area contributed by atoms with Crippen molar-refractivity contribution in [2.75, 3.05) is 13.1 Å². The van der Waals surface area contributed by atoms with Crippen LogP contribution in [0.1, 0.15) is 42.0 Å². The van der Waals surface area contributed by atoms with Crippen molar-refractivity contribution in [3.63, 3.8) is 0 Å². The lowest BCUT2D eigenvalue weighted by Crippen LogP contribution is -2.58. The molecule has 1 N–H and O–H groups in total. The molecule has 1 atom stereocenters. The molecule has 2 aromatic rings. The quantitative estimate of drug-likeness (QED) is 0.388. The smallest absolute Gasteiger partial charge is 0.335 e. The number of hydrogen-bond acceptors (Lipinski definition) is 3. The lowest BCUT2D eigenvalue weighted by atomic mass is 9.86. The highest BCUT2D eigenvalue weighted by molar-refractivity contribution is 6.42. The Bertz CT molecular complexity index is 1240. The zero-order valence-corrected chi connectivity index (χ0v) is 20.5. The minimum Gasteiger partial charge on any atom is -0.335 e. The summed E-state index contributed by atoms with van der Waals surface area (Å²) in [5.41, 5.74) is -5.28. The van der Waals surface area contributed by atoms with Crippen LogP contribution in [-0.2, 0) is 27.1 Å². The fourth-order valence-electron chi connectivity index (χ4n) is 4.23. The van der Waals surface area contributed by atoms with E-state index in [0.717, 1.165) is 0 Å². The first kappa shape index (κ1) is 27.5. The van der Waals surface area contributed by atoms with Gasteiger partial charge in [-0.2, -0.15) is 26.3 Å². The summed E-state index contributed by atoms with van der Waals surface area (Å²) >= 11 is 11.3. The molecule has 2 aliphatic heterocycles. The van der Waals surface area contributed by atoms with Crippen LogP contribution in [-0.4, -0.2) is 30.1 Å². The number of benzene rings is 2. The number of rotatable bonds is 5. The van der Waals surface area contributed by atoms with E-state index in [2.05, 4.69) is 5.48 Å². The monoisotopic (exact) mass is 570 g/mol. The second-order valence-electron chi connectivity index (χ2n) is 8.86. The predicted molar refractivity (Wildman–Crippen MR) is 122 cm³/mol. The summed E-state index contributed by atoms with van der Waals surface area (Å²) in [7, 11) is 0. The average molecular weight is 571 g/mol. The van der Waals surface area contributed by atoms with E-state index >= 15 is 4.39 Å². The van der Waals surface area contributed by atoms with Gasteiger partial charge in [-0.15, -0.1) is 0 Å². The SMILES string of the molecule is CCCC(=O)N1CC(F)(c2ccc(C3=CC(c4cc(Cl)c(Cl)c(C(F)(F)F)c4)(C(F)(F)F)ON3)cc2)C1. The van der Waals surface area contributed by atoms with Crippen molar-refractivity contribution < 1.29 is 40.4 Å². The third-order valence-corrected chi connectivity index (χ3v) is 7.07. The highest BCUT2D eigenvalue weighted by atomic mass is 35.5. The van der Waals surface area contributed by atoms with Crippen LogP contribution in [0.25, 0.3) is 5.70 Å². The molecule has 4 rings (SSSR count). The number of carbonyl (C=O) groups is 1. The number of hydrogen-bond donors (Lipinski definition) is 1. The molecule has 200 valence electrons. The van der Waals surface area contributed by atoms with Crippen LogP contribution in [0.4, 0.5) is 30.7 Å². The fraction of sp³-hybridized carbons (Fsp3) is 0.375. The summed E-state index contributed by atoms with van der Waals surface area (Å²) in [4.78, 5) is 18.2. The molecule has 37 heavy (non-hydrogen) atoms. The maximum Gasteiger partial charge on any atom is 0.428 e. The molecule has 2 aromatic carbocycles. The number of likely N-dealkylation sites (tertiary alicyclic amines) is 1. The Morgan fingerprint density at radius 1 is 1.05 bits per heavy atom. The number of nitrogens with zero attached hydrogens (tertiary/aromatic N) is 1. The number of amides is 1. The van der Waals surface area contributed by atoms with E-state index in [9.17, 15) is 31.1 Å². The summed E-state index contributed by atoms with van der Waals surface area (Å²) < 4.78 is 98.0. The van der Waals surface area contributed by atoms with Crippen LogP contribution < -0.4 is 5.48 Å². The first-order chi connectivity index (χ1) is 17.1. The van der Waals surface area contributed by atoms with E-state index in [1.165, 1.54) is 29.2 Å². The van der Waals surface area contributed by atoms with Crippen LogP contribution >= 0.6 is 23.2 Å². The number of carbonyl (C=O) groups excluding carboxylic acids is 1. The molecule has 0 saturated carbocycles. The Morgan fingerprint density at radius 3 is 2.22 bits per heavy atom. The van der Waals surface area contributed by atoms with Crippen molar-refractivity contribution in [1.29, 1.82) is 0 Å². The topological polar surface area (TPSA) is 41.6 Å². The van der Waals surface area contributed by atoms with Gasteiger partial charge in [0.25, 0.3) is 0 Å². The third-order valence-electron chi connectivity index (χ3n) is 6.27. The fourth-order valence-corrected chi connectivity index (χ4v) is 4.67. The molecule has 1 unspecified atom stereocenters. The number of nitrogens with one attached hydrogen (secondary N) is 1. The van der Waals surface area contributed by atoms with E-state index in [4.69, 9.17) is 28.0 Å². The van der Waals surface area contributed by atoms with E-state index < -0.39 is 44.8 Å². The molecule has 0 spiro atoms. The van der Waals surface area contributed by atoms with Gasteiger partial charge < -0.3 is 4.90 Å². The largest absolute Gasteiger partial charge is 0.428 e. The molecule has 2 heterocycles. The molecule has 0 bridgehead atoms. The molecule has 0 radical (unpaired) electrons. The van der Waals surface area contributed by atoms with E-state index in [1.54, 1.807) is 0 Å². The standard InChI is InChI=1S/C24H19Cl2F7N2O2/c1-2-3-19(36)35-11-21(27,12-35)14-6-4-13(5-7-14)18-10-22(37-34-18,24(31,32)33)15-8-16(23(28,29)30)20(26)17(25)9-15/h4-10,34H,2-3,11-12H2,1H3. The maximum atomic E-state index is 15.2. The number of alkyl halides is 7. The van der Waals surface area contributed by atoms with E-state index in [-0.39, 0.29) is 41.9 Å². The Balaban J connectivity index is 1.65. The minimum atomic E-state index is -5.20. The highest BCUT2D eigenvalue weighted by Crippen LogP contribution is 2.50. The number of hydroxylamine groups is 1. The van der Waals surface area contributed by atoms with Crippen LogP contribution in [0.2, 0.25) is 10.0 Å². The highest BCUT2D eigenvalue weighted by Gasteiger charge is 2.60. The zero-order valence-electron chi connectivity index (χ0n) is 19.0. The van der Waals surface area contributed by atoms with Crippen molar-refractivity contribution in [3.8, 4) is 0 Å². The van der Waals surface area contributed by atoms with E-state index in [1.807, 2.05) is 6.92 Å². The van der Waals surface area contributed by atoms with Gasteiger partial charge in [-0.05, 0) is 35.8 Å². The van der Waals surface area contributed by atoms with Gasteiger partial charge in [-0.1, -0.05) is 54.4 Å². The second-order valence-corrected chi connectivity index (χ2v) is 9.64. The molecular formula is C24H19Cl2F7N2O2. The summed E-state index contributed by atoms with van der Waals surface area (Å²) in [6.07, 6.45) is -8.75. The molecule has 1 saturated heterocycles. The molecule has 2 aliphatic rings. The molecule has 1 fully saturated rings. The van der Waals surface area contributed by atoms with Gasteiger partial charge in [0.2, 0.25) is 11.5 Å². The Kier molecular flexibility index (Phi) is 6.96. The van der Waals surface area contributed by atoms with Gasteiger partial charge >= 0.3 is 12.4 Å². The average Bonchev–Trinajstić information content (AvgIpc) is 3.25. The first-order valence-corrected chi connectivity index (χ1v) is 11.7. The van der Waals surface area contributed by atoms with Crippen LogP contribution in [0.15, 0.2) is 42.5 Å². The molecule has 1 amide bonds. The molecule has 13 heteroatoms. The lowest BCUT2D eigenvalue weighted by Gasteiger charge is -2.44. The van der Waals surface area contributed by atoms with Gasteiger partial charge in [-0.3, -0.25) is 15.1 Å². The Labute approximate surface area is 216 Å². The van der Waals surface area contributed by atoms with E-state index in [0.29, 0.717) is 25.0 Å². The van der Waals surface area contributed by atoms with Gasteiger partial charge in [-0.25, -0.2) is 4.39 Å². The van der Waals surface area contributed by atoms with Gasteiger partial charge in [0.05, 0.1) is 34.4 Å². The summed E-state index contributed by atoms with van der Waals surface area (Å²) in [6.45, 7) is 1.56. The van der Waals surface area contributed by atoms with Crippen LogP contribution in [0, 0.1) is 0 Å². The lowest BCUT2D eigenvalue weighted by molar-refractivity contribution is -0.269. The Hall–Kier alpha value is -2.50. The first-order valence-electron chi connectivity index (χ1n) is 11.0. The van der Waals surface area contributed by atoms with Gasteiger partial charge in [0.15, 0.2) is 5.67 Å². The molecular weight excluding hydrogens is 552 g/mol. The van der Waals surface area contributed by atoms with Crippen molar-refractivity contribution >= 4 is 34.8 Å². The summed E-state index contributed by atoms with van der Waals surface area (Å²) in [5.74, 6) is -0.163. The van der Waals surface area contributed by atoms with Crippen molar-refractivity contribution in [2.24, 2.45) is 0 Å². The van der Waals surface area contributed by atoms with Gasteiger partial charge in [0, 0.05) is 12.0 Å². The van der Waals surface area contributed by atoms with Crippen LogP contribution in [0.5, 0.6) is 0 Å². The predicted octanol–water partition coefficient (Wildman–Crippen LogP) is 7.15. The van der Waals surface area contributed by atoms with Crippen LogP contribution in [0.3, 0.4) is 0 Å². The summed E-state index contributed by atoms with van der Waals surface area (Å²) in [6, 6.07) is 6.32. The number of halogens is 9. The zero-order chi connectivity index (χ0) is 27.4. The van der Waals surface area contributed by atoms with Crippen molar-refractivity contribution in [3.05, 3.63) is 74.8 Å². The van der Waals surface area contributed by atoms with Crippen molar-refractivity contribution in [2.45, 2.75) is 43.4 Å². The third kappa shape index (κ3) is 4.88. The maximum absolute atomic E-state index is 15.2. The van der Waals surface area contributed by atoms with Crippen molar-refractivity contribution in [1.82, 2.24) is 10.4 Å². The molecule has 0 aromatic heterocycles. The summed E-state index contributed by atoms with van der Waals surface area (Å²) in [5, 5.41) is -1.67. The normalized spacial score (nSPS) is 21.4. The second kappa shape index (κ2) is 9.36. The Morgan fingerprint density at radius 2 is 1.68 bits per heavy atom. The molecule has 0 aliphatic carbocycles. The minimum absolute atomic E-state index is 0.134.